The lowest BCUT2D eigenvalue weighted by Crippen LogP contribution is -2.28. The zero-order valence-corrected chi connectivity index (χ0v) is 15.8. The summed E-state index contributed by atoms with van der Waals surface area (Å²) in [6.45, 7) is 0.294. The molecule has 144 valence electrons. The third-order valence-electron chi connectivity index (χ3n) is 4.30. The number of aromatic nitrogens is 2. The van der Waals surface area contributed by atoms with Crippen molar-refractivity contribution < 1.29 is 9.90 Å². The number of nitrogens with zero attached hydrogens (tertiary/aromatic N) is 1. The number of halogens is 1. The van der Waals surface area contributed by atoms with E-state index < -0.39 is 5.56 Å². The van der Waals surface area contributed by atoms with Gasteiger partial charge < -0.3 is 15.4 Å². The van der Waals surface area contributed by atoms with Crippen molar-refractivity contribution in [1.29, 1.82) is 0 Å². The normalized spacial score (nSPS) is 11.8. The highest BCUT2D eigenvalue weighted by molar-refractivity contribution is 6.30. The molecule has 0 spiro atoms. The third-order valence-corrected chi connectivity index (χ3v) is 4.54. The molecule has 6 nitrogen and oxygen atoms in total. The highest BCUT2D eigenvalue weighted by Crippen LogP contribution is 2.29. The topological polar surface area (TPSA) is 95.1 Å². The molecular formula is C21H20ClN3O3. The van der Waals surface area contributed by atoms with Crippen LogP contribution in [-0.4, -0.2) is 27.5 Å². The number of nitrogens with one attached hydrogen (secondary N) is 2. The number of aromatic hydroxyl groups is 1. The maximum atomic E-state index is 12.5. The number of benzene rings is 2. The lowest BCUT2D eigenvalue weighted by atomic mass is 9.88. The predicted octanol–water partition coefficient (Wildman–Crippen LogP) is 3.01. The maximum Gasteiger partial charge on any atom is 0.254 e. The number of hydrogen-bond donors (Lipinski definition) is 3. The minimum atomic E-state index is -0.432. The number of carbonyl (C=O) groups excluding carboxylic acids is 1. The Kier molecular flexibility index (Phi) is 6.45. The van der Waals surface area contributed by atoms with Gasteiger partial charge in [0.15, 0.2) is 0 Å². The fourth-order valence-electron chi connectivity index (χ4n) is 3.03. The lowest BCUT2D eigenvalue weighted by molar-refractivity contribution is -0.121. The molecular weight excluding hydrogens is 378 g/mol. The van der Waals surface area contributed by atoms with Gasteiger partial charge in [0.2, 0.25) is 11.8 Å². The Bertz CT molecular complexity index is 1010. The van der Waals surface area contributed by atoms with Crippen LogP contribution in [0.2, 0.25) is 5.02 Å². The summed E-state index contributed by atoms with van der Waals surface area (Å²) in [4.78, 5) is 30.2. The number of amides is 1. The van der Waals surface area contributed by atoms with Crippen LogP contribution in [-0.2, 0) is 11.2 Å². The molecule has 0 unspecified atom stereocenters. The Hall–Kier alpha value is -3.12. The van der Waals surface area contributed by atoms with E-state index in [-0.39, 0.29) is 24.1 Å². The van der Waals surface area contributed by atoms with Gasteiger partial charge in [-0.2, -0.15) is 0 Å². The van der Waals surface area contributed by atoms with E-state index in [4.69, 9.17) is 11.6 Å². The summed E-state index contributed by atoms with van der Waals surface area (Å²) >= 11 is 6.13. The second-order valence-electron chi connectivity index (χ2n) is 6.37. The highest BCUT2D eigenvalue weighted by atomic mass is 35.5. The molecule has 1 heterocycles. The van der Waals surface area contributed by atoms with Crippen molar-refractivity contribution in [1.82, 2.24) is 15.3 Å². The van der Waals surface area contributed by atoms with Crippen LogP contribution in [0, 0.1) is 0 Å². The molecule has 0 radical (unpaired) electrons. The largest absolute Gasteiger partial charge is 0.493 e. The van der Waals surface area contributed by atoms with E-state index in [1.807, 2.05) is 48.5 Å². The Balaban J connectivity index is 1.67. The Morgan fingerprint density at radius 2 is 1.86 bits per heavy atom. The van der Waals surface area contributed by atoms with Crippen LogP contribution in [0.25, 0.3) is 0 Å². The molecule has 3 rings (SSSR count). The van der Waals surface area contributed by atoms with E-state index in [1.165, 1.54) is 0 Å². The van der Waals surface area contributed by atoms with Crippen molar-refractivity contribution in [3.8, 4) is 5.88 Å². The van der Waals surface area contributed by atoms with Crippen molar-refractivity contribution in [3.05, 3.63) is 93.0 Å². The summed E-state index contributed by atoms with van der Waals surface area (Å²) in [5.74, 6) is -0.273. The molecule has 0 bridgehead atoms. The molecule has 0 aliphatic heterocycles. The lowest BCUT2D eigenvalue weighted by Gasteiger charge is -2.18. The first-order valence-electron chi connectivity index (χ1n) is 8.87. The molecule has 0 fully saturated rings. The second kappa shape index (κ2) is 9.19. The van der Waals surface area contributed by atoms with Crippen molar-refractivity contribution in [3.63, 3.8) is 0 Å². The Morgan fingerprint density at radius 3 is 2.57 bits per heavy atom. The standard InChI is InChI=1S/C21H20ClN3O3/c22-16-8-4-7-15(11-16)17(14-5-2-1-3-6-14)12-19(26)23-10-9-18-24-20(27)13-21(28)25-18/h1-8,11,13,17H,9-10,12H2,(H,23,26)(H2,24,25,27,28)/t17-/m1/s1. The predicted molar refractivity (Wildman–Crippen MR) is 108 cm³/mol. The molecule has 7 heteroatoms. The van der Waals surface area contributed by atoms with E-state index in [0.29, 0.717) is 23.8 Å². The van der Waals surface area contributed by atoms with Crippen LogP contribution in [0.4, 0.5) is 0 Å². The molecule has 1 aromatic heterocycles. The molecule has 1 atom stereocenters. The van der Waals surface area contributed by atoms with E-state index in [0.717, 1.165) is 17.2 Å². The SMILES string of the molecule is O=C(C[C@H](c1ccccc1)c1cccc(Cl)c1)NCCc1nc(O)cc(=O)[nH]1. The zero-order chi connectivity index (χ0) is 19.9. The molecule has 0 saturated carbocycles. The van der Waals surface area contributed by atoms with Gasteiger partial charge in [-0.3, -0.25) is 9.59 Å². The Labute approximate surface area is 167 Å². The Morgan fingerprint density at radius 1 is 1.11 bits per heavy atom. The van der Waals surface area contributed by atoms with Gasteiger partial charge in [0, 0.05) is 30.3 Å². The molecule has 0 aliphatic carbocycles. The molecule has 0 aliphatic rings. The average Bonchev–Trinajstić information content (AvgIpc) is 2.66. The van der Waals surface area contributed by atoms with Gasteiger partial charge >= 0.3 is 0 Å². The monoisotopic (exact) mass is 397 g/mol. The summed E-state index contributed by atoms with van der Waals surface area (Å²) in [7, 11) is 0. The fraction of sp³-hybridized carbons (Fsp3) is 0.190. The van der Waals surface area contributed by atoms with Crippen LogP contribution >= 0.6 is 11.6 Å². The number of aromatic amines is 1. The molecule has 3 N–H and O–H groups in total. The van der Waals surface area contributed by atoms with E-state index in [2.05, 4.69) is 15.3 Å². The molecule has 2 aromatic carbocycles. The molecule has 1 amide bonds. The van der Waals surface area contributed by atoms with Crippen LogP contribution in [0.5, 0.6) is 5.88 Å². The smallest absolute Gasteiger partial charge is 0.254 e. The first-order valence-corrected chi connectivity index (χ1v) is 9.25. The fourth-order valence-corrected chi connectivity index (χ4v) is 3.23. The van der Waals surface area contributed by atoms with Gasteiger partial charge in [0.25, 0.3) is 5.56 Å². The first-order chi connectivity index (χ1) is 13.5. The zero-order valence-electron chi connectivity index (χ0n) is 15.1. The van der Waals surface area contributed by atoms with E-state index in [9.17, 15) is 14.7 Å². The molecule has 28 heavy (non-hydrogen) atoms. The number of H-pyrrole nitrogens is 1. The summed E-state index contributed by atoms with van der Waals surface area (Å²) in [6, 6.07) is 18.3. The third kappa shape index (κ3) is 5.44. The van der Waals surface area contributed by atoms with Crippen molar-refractivity contribution in [2.24, 2.45) is 0 Å². The maximum absolute atomic E-state index is 12.5. The average molecular weight is 398 g/mol. The quantitative estimate of drug-likeness (QED) is 0.571. The first kappa shape index (κ1) is 19.6. The van der Waals surface area contributed by atoms with Gasteiger partial charge in [-0.1, -0.05) is 54.1 Å². The molecule has 3 aromatic rings. The number of rotatable bonds is 7. The second-order valence-corrected chi connectivity index (χ2v) is 6.81. The van der Waals surface area contributed by atoms with E-state index in [1.54, 1.807) is 6.07 Å². The van der Waals surface area contributed by atoms with Gasteiger partial charge in [-0.25, -0.2) is 4.98 Å². The summed E-state index contributed by atoms with van der Waals surface area (Å²) in [5, 5.41) is 12.8. The number of hydrogen-bond acceptors (Lipinski definition) is 4. The highest BCUT2D eigenvalue weighted by Gasteiger charge is 2.18. The van der Waals surface area contributed by atoms with Crippen LogP contribution in [0.3, 0.4) is 0 Å². The summed E-state index contributed by atoms with van der Waals surface area (Å²) in [5.41, 5.74) is 1.56. The van der Waals surface area contributed by atoms with Crippen molar-refractivity contribution in [2.75, 3.05) is 6.54 Å². The summed E-state index contributed by atoms with van der Waals surface area (Å²) < 4.78 is 0. The van der Waals surface area contributed by atoms with Gasteiger partial charge in [-0.05, 0) is 23.3 Å². The van der Waals surface area contributed by atoms with Crippen LogP contribution in [0.1, 0.15) is 29.3 Å². The number of carbonyl (C=O) groups is 1. The van der Waals surface area contributed by atoms with Gasteiger partial charge in [0.05, 0.1) is 6.07 Å². The minimum absolute atomic E-state index is 0.126. The van der Waals surface area contributed by atoms with Crippen molar-refractivity contribution >= 4 is 17.5 Å². The summed E-state index contributed by atoms with van der Waals surface area (Å²) in [6.07, 6.45) is 0.566. The van der Waals surface area contributed by atoms with E-state index >= 15 is 0 Å². The van der Waals surface area contributed by atoms with Gasteiger partial charge in [-0.15, -0.1) is 0 Å². The molecule has 0 saturated heterocycles. The van der Waals surface area contributed by atoms with Gasteiger partial charge in [0.1, 0.15) is 5.82 Å². The van der Waals surface area contributed by atoms with Crippen LogP contribution in [0.15, 0.2) is 65.5 Å². The minimum Gasteiger partial charge on any atom is -0.493 e. The van der Waals surface area contributed by atoms with Crippen molar-refractivity contribution in [2.45, 2.75) is 18.8 Å². The van der Waals surface area contributed by atoms with Crippen LogP contribution < -0.4 is 10.9 Å².